The Hall–Kier alpha value is -1.15. The topological polar surface area (TPSA) is 110 Å². The van der Waals surface area contributed by atoms with Gasteiger partial charge in [-0.3, -0.25) is 9.59 Å². The van der Waals surface area contributed by atoms with Crippen molar-refractivity contribution in [3.63, 3.8) is 0 Å². The Morgan fingerprint density at radius 1 is 1.26 bits per heavy atom. The van der Waals surface area contributed by atoms with Crippen LogP contribution in [0.5, 0.6) is 0 Å². The first-order valence-corrected chi connectivity index (χ1v) is 7.55. The van der Waals surface area contributed by atoms with Crippen LogP contribution in [0.4, 0.5) is 0 Å². The van der Waals surface area contributed by atoms with Crippen molar-refractivity contribution in [2.75, 3.05) is 12.9 Å². The molecule has 112 valence electrons. The normalized spacial score (nSPS) is 15.0. The van der Waals surface area contributed by atoms with Crippen molar-refractivity contribution >= 4 is 22.0 Å². The van der Waals surface area contributed by atoms with Gasteiger partial charge in [0.05, 0.1) is 18.8 Å². The molecule has 0 saturated carbocycles. The number of carboxylic acid groups (broad SMARTS) is 1. The third-order valence-electron chi connectivity index (χ3n) is 2.40. The van der Waals surface area contributed by atoms with E-state index in [2.05, 4.69) is 9.46 Å². The van der Waals surface area contributed by atoms with Crippen molar-refractivity contribution in [3.05, 3.63) is 0 Å². The predicted octanol–water partition coefficient (Wildman–Crippen LogP) is 0.214. The van der Waals surface area contributed by atoms with E-state index in [1.165, 1.54) is 6.92 Å². The molecule has 2 atom stereocenters. The predicted molar refractivity (Wildman–Crippen MR) is 69.0 cm³/mol. The molecule has 0 aromatic heterocycles. The van der Waals surface area contributed by atoms with Gasteiger partial charge in [0.1, 0.15) is 6.04 Å². The number of rotatable bonds is 8. The summed E-state index contributed by atoms with van der Waals surface area (Å²) in [7, 11) is -2.69. The molecule has 0 spiro atoms. The molecule has 0 amide bonds. The second-order valence-corrected chi connectivity index (χ2v) is 6.64. The number of ether oxygens (including phenoxy) is 1. The van der Waals surface area contributed by atoms with Gasteiger partial charge in [0.15, 0.2) is 0 Å². The zero-order valence-corrected chi connectivity index (χ0v) is 12.4. The lowest BCUT2D eigenvalue weighted by Gasteiger charge is -2.17. The summed E-state index contributed by atoms with van der Waals surface area (Å²) in [5, 5.41) is 8.96. The Morgan fingerprint density at radius 2 is 1.79 bits per heavy atom. The minimum absolute atomic E-state index is 0.0295. The number of carbonyl (C=O) groups excluding carboxylic acids is 1. The second-order valence-electron chi connectivity index (χ2n) is 4.84. The van der Waals surface area contributed by atoms with Crippen LogP contribution in [0.2, 0.25) is 0 Å². The van der Waals surface area contributed by atoms with Crippen LogP contribution >= 0.6 is 0 Å². The number of hydrogen-bond donors (Lipinski definition) is 2. The summed E-state index contributed by atoms with van der Waals surface area (Å²) in [6, 6.07) is -1.19. The number of sulfonamides is 1. The van der Waals surface area contributed by atoms with Crippen molar-refractivity contribution in [2.45, 2.75) is 33.2 Å². The molecule has 2 N–H and O–H groups in total. The Balaban J connectivity index is 4.73. The fourth-order valence-electron chi connectivity index (χ4n) is 1.53. The first-order valence-electron chi connectivity index (χ1n) is 5.89. The van der Waals surface area contributed by atoms with Crippen molar-refractivity contribution in [3.8, 4) is 0 Å². The average Bonchev–Trinajstić information content (AvgIpc) is 2.25. The van der Waals surface area contributed by atoms with Gasteiger partial charge >= 0.3 is 11.9 Å². The zero-order chi connectivity index (χ0) is 15.2. The largest absolute Gasteiger partial charge is 0.480 e. The van der Waals surface area contributed by atoms with E-state index in [1.54, 1.807) is 13.8 Å². The average molecular weight is 295 g/mol. The summed E-state index contributed by atoms with van der Waals surface area (Å²) in [5.41, 5.74) is 0. The molecule has 0 aliphatic heterocycles. The first kappa shape index (κ1) is 17.8. The van der Waals surface area contributed by atoms with Gasteiger partial charge in [-0.25, -0.2) is 13.1 Å². The number of aliphatic carboxylic acids is 1. The van der Waals surface area contributed by atoms with E-state index in [4.69, 9.17) is 5.11 Å². The third-order valence-corrected chi connectivity index (χ3v) is 3.98. The summed E-state index contributed by atoms with van der Waals surface area (Å²) < 4.78 is 30.1. The summed E-state index contributed by atoms with van der Waals surface area (Å²) in [4.78, 5) is 22.1. The highest BCUT2D eigenvalue weighted by Gasteiger charge is 2.28. The molecule has 0 aliphatic carbocycles. The smallest absolute Gasteiger partial charge is 0.321 e. The lowest BCUT2D eigenvalue weighted by atomic mass is 10.1. The molecule has 0 aromatic carbocycles. The highest BCUT2D eigenvalue weighted by molar-refractivity contribution is 7.89. The monoisotopic (exact) mass is 295 g/mol. The number of esters is 1. The lowest BCUT2D eigenvalue weighted by molar-refractivity contribution is -0.144. The molecule has 0 heterocycles. The fraction of sp³-hybridized carbons (Fsp3) is 0.818. The van der Waals surface area contributed by atoms with Crippen LogP contribution in [-0.2, 0) is 24.3 Å². The van der Waals surface area contributed by atoms with E-state index in [9.17, 15) is 18.0 Å². The molecular formula is C11H21NO6S. The number of nitrogens with one attached hydrogen (secondary N) is 1. The zero-order valence-electron chi connectivity index (χ0n) is 11.5. The maximum atomic E-state index is 11.8. The molecule has 0 saturated heterocycles. The molecule has 0 rings (SSSR count). The van der Waals surface area contributed by atoms with E-state index < -0.39 is 39.7 Å². The fourth-order valence-corrected chi connectivity index (χ4v) is 3.06. The van der Waals surface area contributed by atoms with Crippen LogP contribution in [0.3, 0.4) is 0 Å². The molecule has 7 nitrogen and oxygen atoms in total. The summed E-state index contributed by atoms with van der Waals surface area (Å²) in [6.07, 6.45) is 0.182. The van der Waals surface area contributed by atoms with Gasteiger partial charge < -0.3 is 9.84 Å². The molecule has 0 radical (unpaired) electrons. The van der Waals surface area contributed by atoms with E-state index >= 15 is 0 Å². The maximum absolute atomic E-state index is 11.8. The molecule has 2 unspecified atom stereocenters. The standard InChI is InChI=1S/C11H21NO6S/c1-7(2)5-9(10(13)14)12-19(16,17)6-8(3)11(15)18-4/h7-9,12H,5-6H2,1-4H3,(H,13,14). The number of carboxylic acids is 1. The Morgan fingerprint density at radius 3 is 2.16 bits per heavy atom. The third kappa shape index (κ3) is 7.12. The molecule has 0 aliphatic rings. The van der Waals surface area contributed by atoms with E-state index in [0.29, 0.717) is 0 Å². The van der Waals surface area contributed by atoms with Gasteiger partial charge in [-0.05, 0) is 12.3 Å². The molecule has 0 fully saturated rings. The molecule has 0 bridgehead atoms. The van der Waals surface area contributed by atoms with Crippen LogP contribution in [-0.4, -0.2) is 44.4 Å². The van der Waals surface area contributed by atoms with Gasteiger partial charge in [0.25, 0.3) is 0 Å². The lowest BCUT2D eigenvalue weighted by Crippen LogP contribution is -2.44. The van der Waals surface area contributed by atoms with E-state index in [0.717, 1.165) is 7.11 Å². The molecular weight excluding hydrogens is 274 g/mol. The summed E-state index contributed by atoms with van der Waals surface area (Å²) in [6.45, 7) is 4.99. The van der Waals surface area contributed by atoms with Crippen LogP contribution in [0, 0.1) is 11.8 Å². The van der Waals surface area contributed by atoms with Gasteiger partial charge in [0, 0.05) is 0 Å². The maximum Gasteiger partial charge on any atom is 0.321 e. The highest BCUT2D eigenvalue weighted by atomic mass is 32.2. The van der Waals surface area contributed by atoms with Crippen LogP contribution in [0.25, 0.3) is 0 Å². The van der Waals surface area contributed by atoms with Crippen LogP contribution in [0.15, 0.2) is 0 Å². The SMILES string of the molecule is COC(=O)C(C)CS(=O)(=O)NC(CC(C)C)C(=O)O. The molecule has 0 aromatic rings. The first-order chi connectivity index (χ1) is 8.59. The van der Waals surface area contributed by atoms with Crippen molar-refractivity contribution < 1.29 is 27.9 Å². The Labute approximate surface area is 113 Å². The Bertz CT molecular complexity index is 417. The van der Waals surface area contributed by atoms with Crippen molar-refractivity contribution in [1.82, 2.24) is 4.72 Å². The van der Waals surface area contributed by atoms with Gasteiger partial charge in [-0.15, -0.1) is 0 Å². The summed E-state index contributed by atoms with van der Waals surface area (Å²) in [5.74, 6) is -3.21. The minimum Gasteiger partial charge on any atom is -0.480 e. The van der Waals surface area contributed by atoms with Crippen molar-refractivity contribution in [1.29, 1.82) is 0 Å². The van der Waals surface area contributed by atoms with Gasteiger partial charge in [-0.2, -0.15) is 0 Å². The second kappa shape index (κ2) is 7.44. The van der Waals surface area contributed by atoms with E-state index in [-0.39, 0.29) is 12.3 Å². The van der Waals surface area contributed by atoms with Crippen LogP contribution in [0.1, 0.15) is 27.2 Å². The van der Waals surface area contributed by atoms with E-state index in [1.807, 2.05) is 0 Å². The Kier molecular flexibility index (Phi) is 6.99. The number of hydrogen-bond acceptors (Lipinski definition) is 5. The number of carbonyl (C=O) groups is 2. The summed E-state index contributed by atoms with van der Waals surface area (Å²) >= 11 is 0. The number of methoxy groups -OCH3 is 1. The highest BCUT2D eigenvalue weighted by Crippen LogP contribution is 2.08. The quantitative estimate of drug-likeness (QED) is 0.620. The van der Waals surface area contributed by atoms with Gasteiger partial charge in [-0.1, -0.05) is 20.8 Å². The molecule has 19 heavy (non-hydrogen) atoms. The minimum atomic E-state index is -3.86. The van der Waals surface area contributed by atoms with Crippen LogP contribution < -0.4 is 4.72 Å². The van der Waals surface area contributed by atoms with Crippen molar-refractivity contribution in [2.24, 2.45) is 11.8 Å². The molecule has 8 heteroatoms. The van der Waals surface area contributed by atoms with Gasteiger partial charge in [0.2, 0.25) is 10.0 Å².